The number of piperidine rings is 1. The second-order valence-electron chi connectivity index (χ2n) is 5.29. The standard InChI is InChI=1S/C15H17N3O3/c19-13(17-7-2-1-3-8-17)9-18-10-16-12-6-4-5-11(14(12)18)15(20)21/h4-6,10H,1-3,7-9H2,(H,20,21). The molecule has 0 unspecified atom stereocenters. The maximum absolute atomic E-state index is 12.3. The minimum absolute atomic E-state index is 0.0224. The zero-order valence-electron chi connectivity index (χ0n) is 11.7. The van der Waals surface area contributed by atoms with E-state index in [-0.39, 0.29) is 18.0 Å². The predicted octanol–water partition coefficient (Wildman–Crippen LogP) is 1.75. The molecule has 1 aliphatic heterocycles. The van der Waals surface area contributed by atoms with Crippen molar-refractivity contribution in [3.8, 4) is 0 Å². The molecule has 1 saturated heterocycles. The second kappa shape index (κ2) is 5.55. The molecule has 3 rings (SSSR count). The van der Waals surface area contributed by atoms with Gasteiger partial charge in [-0.3, -0.25) is 4.79 Å². The Kier molecular flexibility index (Phi) is 3.60. The van der Waals surface area contributed by atoms with E-state index in [1.807, 2.05) is 4.90 Å². The van der Waals surface area contributed by atoms with Gasteiger partial charge in [-0.1, -0.05) is 6.07 Å². The lowest BCUT2D eigenvalue weighted by Gasteiger charge is -2.26. The third kappa shape index (κ3) is 2.61. The number of carbonyl (C=O) groups excluding carboxylic acids is 1. The van der Waals surface area contributed by atoms with Crippen LogP contribution in [0.15, 0.2) is 24.5 Å². The number of amides is 1. The Morgan fingerprint density at radius 1 is 1.19 bits per heavy atom. The summed E-state index contributed by atoms with van der Waals surface area (Å²) in [5, 5.41) is 9.27. The molecule has 1 aromatic carbocycles. The van der Waals surface area contributed by atoms with Crippen LogP contribution in [0.25, 0.3) is 11.0 Å². The van der Waals surface area contributed by atoms with Crippen LogP contribution in [0.4, 0.5) is 0 Å². The van der Waals surface area contributed by atoms with E-state index in [2.05, 4.69) is 4.98 Å². The molecule has 0 spiro atoms. The van der Waals surface area contributed by atoms with Gasteiger partial charge in [0.05, 0.1) is 22.9 Å². The molecule has 1 N–H and O–H groups in total. The first kappa shape index (κ1) is 13.6. The van der Waals surface area contributed by atoms with Gasteiger partial charge in [0.25, 0.3) is 0 Å². The first-order valence-corrected chi connectivity index (χ1v) is 7.12. The Balaban J connectivity index is 1.90. The summed E-state index contributed by atoms with van der Waals surface area (Å²) in [7, 11) is 0. The van der Waals surface area contributed by atoms with Gasteiger partial charge in [-0.05, 0) is 31.4 Å². The number of nitrogens with zero attached hydrogens (tertiary/aromatic N) is 3. The van der Waals surface area contributed by atoms with Gasteiger partial charge < -0.3 is 14.6 Å². The smallest absolute Gasteiger partial charge is 0.337 e. The fourth-order valence-corrected chi connectivity index (χ4v) is 2.81. The van der Waals surface area contributed by atoms with Gasteiger partial charge in [0, 0.05) is 13.1 Å². The fourth-order valence-electron chi connectivity index (χ4n) is 2.81. The molecule has 0 aliphatic carbocycles. The molecule has 21 heavy (non-hydrogen) atoms. The minimum Gasteiger partial charge on any atom is -0.478 e. The quantitative estimate of drug-likeness (QED) is 0.933. The van der Waals surface area contributed by atoms with E-state index in [0.29, 0.717) is 11.0 Å². The Morgan fingerprint density at radius 2 is 1.95 bits per heavy atom. The van der Waals surface area contributed by atoms with Crippen LogP contribution in [0.3, 0.4) is 0 Å². The molecule has 0 bridgehead atoms. The van der Waals surface area contributed by atoms with Crippen molar-refractivity contribution in [3.05, 3.63) is 30.1 Å². The number of aromatic nitrogens is 2. The number of carboxylic acid groups (broad SMARTS) is 1. The van der Waals surface area contributed by atoms with Gasteiger partial charge in [0.2, 0.25) is 5.91 Å². The zero-order chi connectivity index (χ0) is 14.8. The zero-order valence-corrected chi connectivity index (χ0v) is 11.7. The molecule has 1 amide bonds. The molecule has 1 aliphatic rings. The average molecular weight is 287 g/mol. The van der Waals surface area contributed by atoms with E-state index < -0.39 is 5.97 Å². The monoisotopic (exact) mass is 287 g/mol. The molecule has 1 fully saturated rings. The minimum atomic E-state index is -1.01. The van der Waals surface area contributed by atoms with Crippen molar-refractivity contribution in [3.63, 3.8) is 0 Å². The van der Waals surface area contributed by atoms with Crippen LogP contribution in [-0.4, -0.2) is 44.5 Å². The van der Waals surface area contributed by atoms with Crippen LogP contribution >= 0.6 is 0 Å². The lowest BCUT2D eigenvalue weighted by atomic mass is 10.1. The number of hydrogen-bond acceptors (Lipinski definition) is 3. The summed E-state index contributed by atoms with van der Waals surface area (Å²) < 4.78 is 1.63. The number of benzene rings is 1. The van der Waals surface area contributed by atoms with Crippen molar-refractivity contribution in [2.45, 2.75) is 25.8 Å². The number of aromatic carboxylic acids is 1. The van der Waals surface area contributed by atoms with Crippen LogP contribution in [0, 0.1) is 0 Å². The Labute approximate surface area is 122 Å². The molecule has 0 radical (unpaired) electrons. The Bertz CT molecular complexity index is 687. The summed E-state index contributed by atoms with van der Waals surface area (Å²) in [6.45, 7) is 1.72. The number of likely N-dealkylation sites (tertiary alicyclic amines) is 1. The van der Waals surface area contributed by atoms with Gasteiger partial charge >= 0.3 is 5.97 Å². The number of carboxylic acids is 1. The summed E-state index contributed by atoms with van der Waals surface area (Å²) in [4.78, 5) is 29.7. The first-order chi connectivity index (χ1) is 10.2. The highest BCUT2D eigenvalue weighted by atomic mass is 16.4. The lowest BCUT2D eigenvalue weighted by Crippen LogP contribution is -2.37. The molecule has 0 atom stereocenters. The summed E-state index contributed by atoms with van der Waals surface area (Å²) in [5.74, 6) is -0.984. The molecular weight excluding hydrogens is 270 g/mol. The van der Waals surface area contributed by atoms with Crippen molar-refractivity contribution < 1.29 is 14.7 Å². The number of hydrogen-bond donors (Lipinski definition) is 1. The molecular formula is C15H17N3O3. The SMILES string of the molecule is O=C(O)c1cccc2ncn(CC(=O)N3CCCCC3)c12. The van der Waals surface area contributed by atoms with Crippen LogP contribution in [-0.2, 0) is 11.3 Å². The van der Waals surface area contributed by atoms with Gasteiger partial charge in [-0.2, -0.15) is 0 Å². The molecule has 0 saturated carbocycles. The number of fused-ring (bicyclic) bond motifs is 1. The van der Waals surface area contributed by atoms with Crippen LogP contribution in [0.5, 0.6) is 0 Å². The highest BCUT2D eigenvalue weighted by Crippen LogP contribution is 2.19. The molecule has 1 aromatic heterocycles. The van der Waals surface area contributed by atoms with Crippen LogP contribution < -0.4 is 0 Å². The average Bonchev–Trinajstić information content (AvgIpc) is 2.91. The van der Waals surface area contributed by atoms with Crippen molar-refractivity contribution >= 4 is 22.9 Å². The molecule has 2 heterocycles. The fraction of sp³-hybridized carbons (Fsp3) is 0.400. The molecule has 6 nitrogen and oxygen atoms in total. The summed E-state index contributed by atoms with van der Waals surface area (Å²) in [6.07, 6.45) is 4.79. The Hall–Kier alpha value is -2.37. The predicted molar refractivity (Wildman–Crippen MR) is 77.1 cm³/mol. The van der Waals surface area contributed by atoms with Crippen LogP contribution in [0.1, 0.15) is 29.6 Å². The van der Waals surface area contributed by atoms with Crippen molar-refractivity contribution in [2.75, 3.05) is 13.1 Å². The number of rotatable bonds is 3. The topological polar surface area (TPSA) is 75.4 Å². The lowest BCUT2D eigenvalue weighted by molar-refractivity contribution is -0.132. The van der Waals surface area contributed by atoms with Gasteiger partial charge in [0.15, 0.2) is 0 Å². The molecule has 110 valence electrons. The number of carbonyl (C=O) groups is 2. The van der Waals surface area contributed by atoms with Crippen molar-refractivity contribution in [1.29, 1.82) is 0 Å². The van der Waals surface area contributed by atoms with E-state index in [1.54, 1.807) is 23.0 Å². The molecule has 2 aromatic rings. The van der Waals surface area contributed by atoms with Crippen molar-refractivity contribution in [1.82, 2.24) is 14.5 Å². The second-order valence-corrected chi connectivity index (χ2v) is 5.29. The summed E-state index contributed by atoms with van der Waals surface area (Å²) >= 11 is 0. The van der Waals surface area contributed by atoms with E-state index in [0.717, 1.165) is 25.9 Å². The van der Waals surface area contributed by atoms with Gasteiger partial charge in [0.1, 0.15) is 6.54 Å². The molecule has 6 heteroatoms. The normalized spacial score (nSPS) is 15.3. The van der Waals surface area contributed by atoms with Crippen LogP contribution in [0.2, 0.25) is 0 Å². The number of para-hydroxylation sites is 1. The summed E-state index contributed by atoms with van der Waals surface area (Å²) in [6, 6.07) is 4.95. The third-order valence-electron chi connectivity index (χ3n) is 3.88. The van der Waals surface area contributed by atoms with Crippen molar-refractivity contribution in [2.24, 2.45) is 0 Å². The van der Waals surface area contributed by atoms with E-state index in [1.165, 1.54) is 12.5 Å². The first-order valence-electron chi connectivity index (χ1n) is 7.12. The highest BCUT2D eigenvalue weighted by molar-refractivity contribution is 6.01. The third-order valence-corrected chi connectivity index (χ3v) is 3.88. The maximum atomic E-state index is 12.3. The number of imidazole rings is 1. The van der Waals surface area contributed by atoms with Gasteiger partial charge in [-0.15, -0.1) is 0 Å². The largest absolute Gasteiger partial charge is 0.478 e. The van der Waals surface area contributed by atoms with Gasteiger partial charge in [-0.25, -0.2) is 9.78 Å². The van der Waals surface area contributed by atoms with E-state index in [4.69, 9.17) is 0 Å². The highest BCUT2D eigenvalue weighted by Gasteiger charge is 2.19. The maximum Gasteiger partial charge on any atom is 0.337 e. The summed E-state index contributed by atoms with van der Waals surface area (Å²) in [5.41, 5.74) is 1.29. The van der Waals surface area contributed by atoms with E-state index >= 15 is 0 Å². The van der Waals surface area contributed by atoms with E-state index in [9.17, 15) is 14.7 Å². The Morgan fingerprint density at radius 3 is 2.67 bits per heavy atom.